The van der Waals surface area contributed by atoms with Gasteiger partial charge in [0.1, 0.15) is 5.75 Å². The number of ether oxygens (including phenoxy) is 1. The van der Waals surface area contributed by atoms with Gasteiger partial charge in [-0.3, -0.25) is 0 Å². The Labute approximate surface area is 95.7 Å². The van der Waals surface area contributed by atoms with Gasteiger partial charge in [0.15, 0.2) is 0 Å². The minimum Gasteiger partial charge on any atom is -0.406 e. The number of halogens is 4. The maximum Gasteiger partial charge on any atom is 0.573 e. The lowest BCUT2D eigenvalue weighted by molar-refractivity contribution is -0.274. The first-order chi connectivity index (χ1) is 7.51. The molecule has 1 aromatic carbocycles. The van der Waals surface area contributed by atoms with Crippen LogP contribution in [0, 0.1) is 0 Å². The van der Waals surface area contributed by atoms with Crippen LogP contribution in [0.15, 0.2) is 35.9 Å². The van der Waals surface area contributed by atoms with E-state index in [4.69, 9.17) is 11.6 Å². The third-order valence-corrected chi connectivity index (χ3v) is 1.78. The van der Waals surface area contributed by atoms with E-state index in [9.17, 15) is 13.2 Å². The smallest absolute Gasteiger partial charge is 0.406 e. The average Bonchev–Trinajstić information content (AvgIpc) is 2.19. The van der Waals surface area contributed by atoms with Crippen LogP contribution >= 0.6 is 11.6 Å². The van der Waals surface area contributed by atoms with Gasteiger partial charge >= 0.3 is 6.36 Å². The van der Waals surface area contributed by atoms with E-state index in [-0.39, 0.29) is 5.75 Å². The minimum absolute atomic E-state index is 0.245. The molecule has 16 heavy (non-hydrogen) atoms. The number of rotatable bonds is 4. The highest BCUT2D eigenvalue weighted by Crippen LogP contribution is 2.23. The van der Waals surface area contributed by atoms with Gasteiger partial charge in [-0.1, -0.05) is 17.7 Å². The van der Waals surface area contributed by atoms with Crippen molar-refractivity contribution in [1.82, 2.24) is 0 Å². The molecular formula is C10H9ClF3NO. The molecule has 0 aromatic heterocycles. The van der Waals surface area contributed by atoms with Crippen LogP contribution in [-0.4, -0.2) is 12.9 Å². The maximum atomic E-state index is 11.8. The van der Waals surface area contributed by atoms with Gasteiger partial charge in [0.2, 0.25) is 0 Å². The Morgan fingerprint density at radius 3 is 2.38 bits per heavy atom. The first-order valence-electron chi connectivity index (χ1n) is 4.36. The van der Waals surface area contributed by atoms with Crippen molar-refractivity contribution in [1.29, 1.82) is 0 Å². The van der Waals surface area contributed by atoms with E-state index in [0.717, 1.165) is 0 Å². The van der Waals surface area contributed by atoms with Crippen LogP contribution in [0.1, 0.15) is 0 Å². The Balaban J connectivity index is 2.54. The summed E-state index contributed by atoms with van der Waals surface area (Å²) in [6.07, 6.45) is -2.99. The summed E-state index contributed by atoms with van der Waals surface area (Å²) >= 11 is 5.30. The molecule has 0 spiro atoms. The molecule has 1 rings (SSSR count). The van der Waals surface area contributed by atoms with E-state index in [1.165, 1.54) is 29.8 Å². The fourth-order valence-corrected chi connectivity index (χ4v) is 1.08. The van der Waals surface area contributed by atoms with Crippen molar-refractivity contribution in [2.45, 2.75) is 6.36 Å². The van der Waals surface area contributed by atoms with Crippen LogP contribution in [0.5, 0.6) is 5.75 Å². The van der Waals surface area contributed by atoms with E-state index in [1.54, 1.807) is 6.08 Å². The highest BCUT2D eigenvalue weighted by atomic mass is 35.5. The van der Waals surface area contributed by atoms with Crippen LogP contribution in [-0.2, 0) is 0 Å². The average molecular weight is 252 g/mol. The van der Waals surface area contributed by atoms with Gasteiger partial charge < -0.3 is 10.1 Å². The summed E-state index contributed by atoms with van der Waals surface area (Å²) in [6.45, 7) is 0.503. The highest BCUT2D eigenvalue weighted by Gasteiger charge is 2.30. The second kappa shape index (κ2) is 5.65. The van der Waals surface area contributed by atoms with Crippen LogP contribution in [0.4, 0.5) is 18.9 Å². The quantitative estimate of drug-likeness (QED) is 0.880. The third kappa shape index (κ3) is 4.93. The van der Waals surface area contributed by atoms with Gasteiger partial charge in [-0.2, -0.15) is 0 Å². The summed E-state index contributed by atoms with van der Waals surface area (Å²) in [4.78, 5) is 0. The fraction of sp³-hybridized carbons (Fsp3) is 0.200. The molecule has 2 nitrogen and oxygen atoms in total. The van der Waals surface area contributed by atoms with Crippen LogP contribution in [0.3, 0.4) is 0 Å². The van der Waals surface area contributed by atoms with E-state index in [0.29, 0.717) is 12.2 Å². The molecule has 0 unspecified atom stereocenters. The topological polar surface area (TPSA) is 21.3 Å². The lowest BCUT2D eigenvalue weighted by Gasteiger charge is -2.09. The second-order valence-electron chi connectivity index (χ2n) is 2.81. The van der Waals surface area contributed by atoms with Crippen molar-refractivity contribution in [3.63, 3.8) is 0 Å². The van der Waals surface area contributed by atoms with Crippen molar-refractivity contribution in [3.8, 4) is 5.75 Å². The predicted molar refractivity (Wildman–Crippen MR) is 56.6 cm³/mol. The molecule has 0 amide bonds. The molecule has 0 aliphatic rings. The van der Waals surface area contributed by atoms with Crippen molar-refractivity contribution in [2.24, 2.45) is 0 Å². The first kappa shape index (κ1) is 12.7. The van der Waals surface area contributed by atoms with Crippen molar-refractivity contribution in [2.75, 3.05) is 11.9 Å². The van der Waals surface area contributed by atoms with Crippen molar-refractivity contribution >= 4 is 17.3 Å². The number of anilines is 1. The largest absolute Gasteiger partial charge is 0.573 e. The first-order valence-corrected chi connectivity index (χ1v) is 4.80. The summed E-state index contributed by atoms with van der Waals surface area (Å²) in [5.41, 5.74) is 2.04. The SMILES string of the molecule is FC(F)(F)Oc1ccc(NCC=CCl)cc1. The molecule has 0 saturated carbocycles. The summed E-state index contributed by atoms with van der Waals surface area (Å²) in [5, 5.41) is 2.93. The molecule has 0 radical (unpaired) electrons. The molecule has 0 aliphatic carbocycles. The predicted octanol–water partition coefficient (Wildman–Crippen LogP) is 3.75. The van der Waals surface area contributed by atoms with E-state index < -0.39 is 6.36 Å². The van der Waals surface area contributed by atoms with Crippen LogP contribution in [0.2, 0.25) is 0 Å². The molecule has 6 heteroatoms. The number of alkyl halides is 3. The molecule has 0 heterocycles. The zero-order valence-corrected chi connectivity index (χ0v) is 8.85. The lowest BCUT2D eigenvalue weighted by atomic mass is 10.3. The number of hydrogen-bond acceptors (Lipinski definition) is 2. The molecule has 0 bridgehead atoms. The van der Waals surface area contributed by atoms with Gasteiger partial charge in [0, 0.05) is 17.8 Å². The van der Waals surface area contributed by atoms with E-state index >= 15 is 0 Å². The summed E-state index contributed by atoms with van der Waals surface area (Å²) in [7, 11) is 0. The molecule has 0 aliphatic heterocycles. The maximum absolute atomic E-state index is 11.8. The Morgan fingerprint density at radius 1 is 1.25 bits per heavy atom. The van der Waals surface area contributed by atoms with E-state index in [2.05, 4.69) is 10.1 Å². The minimum atomic E-state index is -4.66. The fourth-order valence-electron chi connectivity index (χ4n) is 0.996. The number of nitrogens with one attached hydrogen (secondary N) is 1. The van der Waals surface area contributed by atoms with Crippen LogP contribution in [0.25, 0.3) is 0 Å². The molecular weight excluding hydrogens is 243 g/mol. The van der Waals surface area contributed by atoms with Gasteiger partial charge in [-0.25, -0.2) is 0 Å². The van der Waals surface area contributed by atoms with Crippen LogP contribution < -0.4 is 10.1 Å². The normalized spacial score (nSPS) is 11.8. The Morgan fingerprint density at radius 2 is 1.88 bits per heavy atom. The Kier molecular flexibility index (Phi) is 4.49. The number of benzene rings is 1. The standard InChI is InChI=1S/C10H9ClF3NO/c11-6-1-7-15-8-2-4-9(5-3-8)16-10(12,13)14/h1-6,15H,7H2. The lowest BCUT2D eigenvalue weighted by Crippen LogP contribution is -2.17. The van der Waals surface area contributed by atoms with Gasteiger partial charge in [-0.05, 0) is 24.3 Å². The highest BCUT2D eigenvalue weighted by molar-refractivity contribution is 6.25. The zero-order valence-electron chi connectivity index (χ0n) is 8.09. The molecule has 0 atom stereocenters. The Hall–Kier alpha value is -1.36. The van der Waals surface area contributed by atoms with Gasteiger partial charge in [0.25, 0.3) is 0 Å². The number of hydrogen-bond donors (Lipinski definition) is 1. The summed E-state index contributed by atoms with van der Waals surface area (Å²) in [5.74, 6) is -0.245. The summed E-state index contributed by atoms with van der Waals surface area (Å²) < 4.78 is 39.2. The molecule has 0 fully saturated rings. The summed E-state index contributed by atoms with van der Waals surface area (Å²) in [6, 6.07) is 5.45. The molecule has 1 N–H and O–H groups in total. The monoisotopic (exact) mass is 251 g/mol. The van der Waals surface area contributed by atoms with Gasteiger partial charge in [-0.15, -0.1) is 13.2 Å². The zero-order chi connectivity index (χ0) is 12.0. The molecule has 0 saturated heterocycles. The van der Waals surface area contributed by atoms with Gasteiger partial charge in [0.05, 0.1) is 0 Å². The van der Waals surface area contributed by atoms with Crippen molar-refractivity contribution in [3.05, 3.63) is 35.9 Å². The third-order valence-electron chi connectivity index (χ3n) is 1.60. The van der Waals surface area contributed by atoms with E-state index in [1.807, 2.05) is 0 Å². The molecule has 1 aromatic rings. The molecule has 88 valence electrons. The Bertz CT molecular complexity index is 348. The second-order valence-corrected chi connectivity index (χ2v) is 3.07. The van der Waals surface area contributed by atoms with Crippen molar-refractivity contribution < 1.29 is 17.9 Å².